The first-order valence-electron chi connectivity index (χ1n) is 5.48. The zero-order valence-electron chi connectivity index (χ0n) is 9.92. The van der Waals surface area contributed by atoms with Crippen molar-refractivity contribution in [1.82, 2.24) is 9.97 Å². The molecule has 2 aromatic rings. The Morgan fingerprint density at radius 1 is 1.00 bits per heavy atom. The Bertz CT molecular complexity index is 545. The maximum Gasteiger partial charge on any atom is 0.162 e. The highest BCUT2D eigenvalue weighted by atomic mass is 79.9. The van der Waals surface area contributed by atoms with Gasteiger partial charge in [-0.1, -0.05) is 65.1 Å². The lowest BCUT2D eigenvalue weighted by Crippen LogP contribution is -1.99. The molecule has 0 radical (unpaired) electrons. The highest BCUT2D eigenvalue weighted by Gasteiger charge is 2.15. The van der Waals surface area contributed by atoms with Crippen LogP contribution in [0.1, 0.15) is 25.3 Å². The van der Waals surface area contributed by atoms with Crippen LogP contribution >= 0.6 is 39.1 Å². The zero-order valence-corrected chi connectivity index (χ0v) is 13.0. The Hall–Kier alpha value is -0.640. The Balaban J connectivity index is 2.51. The third-order valence-corrected chi connectivity index (χ3v) is 3.64. The van der Waals surface area contributed by atoms with E-state index in [2.05, 4.69) is 25.9 Å². The molecule has 5 heteroatoms. The predicted molar refractivity (Wildman–Crippen MR) is 79.3 cm³/mol. The van der Waals surface area contributed by atoms with Crippen molar-refractivity contribution in [3.8, 4) is 11.4 Å². The second kappa shape index (κ2) is 5.55. The summed E-state index contributed by atoms with van der Waals surface area (Å²) in [5, 5.41) is 0.839. The molecule has 0 aliphatic heterocycles. The Morgan fingerprint density at radius 3 is 1.94 bits per heavy atom. The van der Waals surface area contributed by atoms with Gasteiger partial charge in [-0.3, -0.25) is 0 Å². The smallest absolute Gasteiger partial charge is 0.162 e. The third kappa shape index (κ3) is 2.85. The summed E-state index contributed by atoms with van der Waals surface area (Å²) in [5.74, 6) is 0.742. The molecule has 1 aromatic carbocycles. The van der Waals surface area contributed by atoms with Crippen LogP contribution in [0.3, 0.4) is 0 Å². The standard InChI is InChI=1S/C13H11BrCl2N2/c1-7(2)10-11(15)17-13(18-12(10)16)8-3-5-9(14)6-4-8/h3-7H,1-2H3. The van der Waals surface area contributed by atoms with Gasteiger partial charge in [0.15, 0.2) is 5.82 Å². The van der Waals surface area contributed by atoms with Crippen molar-refractivity contribution in [2.45, 2.75) is 19.8 Å². The second-order valence-electron chi connectivity index (χ2n) is 4.20. The summed E-state index contributed by atoms with van der Waals surface area (Å²) >= 11 is 15.7. The van der Waals surface area contributed by atoms with Gasteiger partial charge in [-0.2, -0.15) is 0 Å². The Kier molecular flexibility index (Phi) is 4.25. The fraction of sp³-hybridized carbons (Fsp3) is 0.231. The van der Waals surface area contributed by atoms with Gasteiger partial charge in [-0.05, 0) is 18.1 Å². The number of hydrogen-bond donors (Lipinski definition) is 0. The molecule has 0 fully saturated rings. The van der Waals surface area contributed by atoms with Gasteiger partial charge in [0.05, 0.1) is 0 Å². The fourth-order valence-corrected chi connectivity index (χ4v) is 2.71. The molecule has 0 unspecified atom stereocenters. The minimum atomic E-state index is 0.198. The topological polar surface area (TPSA) is 25.8 Å². The lowest BCUT2D eigenvalue weighted by Gasteiger charge is -2.10. The van der Waals surface area contributed by atoms with Crippen LogP contribution in [-0.4, -0.2) is 9.97 Å². The van der Waals surface area contributed by atoms with Gasteiger partial charge in [0.2, 0.25) is 0 Å². The predicted octanol–water partition coefficient (Wildman–Crippen LogP) is 5.34. The fourth-order valence-electron chi connectivity index (χ4n) is 1.62. The normalized spacial score (nSPS) is 11.0. The first kappa shape index (κ1) is 13.8. The van der Waals surface area contributed by atoms with Crippen molar-refractivity contribution in [1.29, 1.82) is 0 Å². The second-order valence-corrected chi connectivity index (χ2v) is 5.84. The molecular formula is C13H11BrCl2N2. The van der Waals surface area contributed by atoms with Crippen LogP contribution in [0, 0.1) is 0 Å². The van der Waals surface area contributed by atoms with Gasteiger partial charge >= 0.3 is 0 Å². The van der Waals surface area contributed by atoms with Gasteiger partial charge in [-0.25, -0.2) is 9.97 Å². The van der Waals surface area contributed by atoms with Gasteiger partial charge < -0.3 is 0 Å². The highest BCUT2D eigenvalue weighted by molar-refractivity contribution is 9.10. The summed E-state index contributed by atoms with van der Waals surface area (Å²) in [4.78, 5) is 8.62. The molecular weight excluding hydrogens is 335 g/mol. The van der Waals surface area contributed by atoms with E-state index in [1.54, 1.807) is 0 Å². The van der Waals surface area contributed by atoms with Crippen LogP contribution in [0.4, 0.5) is 0 Å². The van der Waals surface area contributed by atoms with Crippen molar-refractivity contribution in [3.05, 3.63) is 44.6 Å². The number of rotatable bonds is 2. The molecule has 0 spiro atoms. The van der Waals surface area contributed by atoms with Gasteiger partial charge in [-0.15, -0.1) is 0 Å². The van der Waals surface area contributed by atoms with Crippen LogP contribution in [0.2, 0.25) is 10.3 Å². The molecule has 0 N–H and O–H groups in total. The van der Waals surface area contributed by atoms with Crippen LogP contribution in [0.25, 0.3) is 11.4 Å². The third-order valence-electron chi connectivity index (χ3n) is 2.53. The number of nitrogens with zero attached hydrogens (tertiary/aromatic N) is 2. The molecule has 2 nitrogen and oxygen atoms in total. The molecule has 0 amide bonds. The first-order valence-corrected chi connectivity index (χ1v) is 7.03. The Morgan fingerprint density at radius 2 is 1.50 bits per heavy atom. The van der Waals surface area contributed by atoms with Crippen LogP contribution in [0.15, 0.2) is 28.7 Å². The lowest BCUT2D eigenvalue weighted by atomic mass is 10.1. The summed E-state index contributed by atoms with van der Waals surface area (Å²) < 4.78 is 1.00. The monoisotopic (exact) mass is 344 g/mol. The molecule has 0 atom stereocenters. The average Bonchev–Trinajstić information content (AvgIpc) is 2.28. The van der Waals surface area contributed by atoms with Crippen molar-refractivity contribution in [3.63, 3.8) is 0 Å². The van der Waals surface area contributed by atoms with Crippen molar-refractivity contribution in [2.75, 3.05) is 0 Å². The summed E-state index contributed by atoms with van der Waals surface area (Å²) in [6.07, 6.45) is 0. The molecule has 0 saturated heterocycles. The van der Waals surface area contributed by atoms with E-state index >= 15 is 0 Å². The molecule has 1 aromatic heterocycles. The summed E-state index contributed by atoms with van der Waals surface area (Å²) in [5.41, 5.74) is 1.68. The van der Waals surface area contributed by atoms with Crippen LogP contribution in [-0.2, 0) is 0 Å². The quantitative estimate of drug-likeness (QED) is 0.687. The van der Waals surface area contributed by atoms with E-state index < -0.39 is 0 Å². The van der Waals surface area contributed by atoms with E-state index in [1.807, 2.05) is 38.1 Å². The average molecular weight is 346 g/mol. The molecule has 1 heterocycles. The summed E-state index contributed by atoms with van der Waals surface area (Å²) in [6, 6.07) is 7.69. The molecule has 94 valence electrons. The maximum absolute atomic E-state index is 6.17. The van der Waals surface area contributed by atoms with Crippen LogP contribution in [0.5, 0.6) is 0 Å². The minimum absolute atomic E-state index is 0.198. The minimum Gasteiger partial charge on any atom is -0.216 e. The largest absolute Gasteiger partial charge is 0.216 e. The van der Waals surface area contributed by atoms with Crippen LogP contribution < -0.4 is 0 Å². The van der Waals surface area contributed by atoms with E-state index in [9.17, 15) is 0 Å². The van der Waals surface area contributed by atoms with E-state index in [0.29, 0.717) is 16.1 Å². The number of hydrogen-bond acceptors (Lipinski definition) is 2. The van der Waals surface area contributed by atoms with E-state index in [4.69, 9.17) is 23.2 Å². The molecule has 0 saturated carbocycles. The first-order chi connectivity index (χ1) is 8.49. The number of aromatic nitrogens is 2. The van der Waals surface area contributed by atoms with Crippen molar-refractivity contribution >= 4 is 39.1 Å². The maximum atomic E-state index is 6.17. The SMILES string of the molecule is CC(C)c1c(Cl)nc(-c2ccc(Br)cc2)nc1Cl. The highest BCUT2D eigenvalue weighted by Crippen LogP contribution is 2.31. The van der Waals surface area contributed by atoms with Gasteiger partial charge in [0.1, 0.15) is 10.3 Å². The molecule has 0 bridgehead atoms. The van der Waals surface area contributed by atoms with Gasteiger partial charge in [0, 0.05) is 15.6 Å². The number of halogens is 3. The van der Waals surface area contributed by atoms with Crippen molar-refractivity contribution in [2.24, 2.45) is 0 Å². The van der Waals surface area contributed by atoms with E-state index in [0.717, 1.165) is 15.6 Å². The molecule has 2 rings (SSSR count). The van der Waals surface area contributed by atoms with E-state index in [1.165, 1.54) is 0 Å². The molecule has 0 aliphatic carbocycles. The van der Waals surface area contributed by atoms with Gasteiger partial charge in [0.25, 0.3) is 0 Å². The molecule has 0 aliphatic rings. The Labute approximate surface area is 124 Å². The number of benzene rings is 1. The van der Waals surface area contributed by atoms with E-state index in [-0.39, 0.29) is 5.92 Å². The van der Waals surface area contributed by atoms with Crippen molar-refractivity contribution < 1.29 is 0 Å². The lowest BCUT2D eigenvalue weighted by molar-refractivity contribution is 0.848. The molecule has 18 heavy (non-hydrogen) atoms. The summed E-state index contributed by atoms with van der Waals surface area (Å²) in [6.45, 7) is 4.02. The summed E-state index contributed by atoms with van der Waals surface area (Å²) in [7, 11) is 0. The zero-order chi connectivity index (χ0) is 13.3.